The molecule has 0 unspecified atom stereocenters. The van der Waals surface area contributed by atoms with Crippen molar-refractivity contribution in [2.24, 2.45) is 7.05 Å². The molecule has 0 bridgehead atoms. The zero-order valence-electron chi connectivity index (χ0n) is 19.7. The van der Waals surface area contributed by atoms with Gasteiger partial charge in [-0.05, 0) is 55.9 Å². The van der Waals surface area contributed by atoms with Crippen LogP contribution in [0.4, 0.5) is 5.82 Å². The van der Waals surface area contributed by atoms with Gasteiger partial charge in [0.2, 0.25) is 5.71 Å². The number of benzene rings is 1. The Morgan fingerprint density at radius 3 is 2.72 bits per heavy atom. The third-order valence-corrected chi connectivity index (χ3v) is 5.58. The van der Waals surface area contributed by atoms with E-state index in [-0.39, 0.29) is 12.5 Å². The van der Waals surface area contributed by atoms with E-state index in [1.54, 1.807) is 12.1 Å². The highest BCUT2D eigenvalue weighted by Gasteiger charge is 2.34. The van der Waals surface area contributed by atoms with E-state index in [0.717, 1.165) is 38.7 Å². The quantitative estimate of drug-likeness (QED) is 0.394. The minimum Gasteiger partial charge on any atom is -0.439 e. The van der Waals surface area contributed by atoms with E-state index < -0.39 is 6.85 Å². The van der Waals surface area contributed by atoms with Crippen LogP contribution in [0.1, 0.15) is 16.7 Å². The zero-order chi connectivity index (χ0) is 22.6. The minimum atomic E-state index is -2.27. The lowest BCUT2D eigenvalue weighted by Gasteiger charge is -2.24. The van der Waals surface area contributed by atoms with Crippen molar-refractivity contribution in [1.29, 1.82) is 0 Å². The van der Waals surface area contributed by atoms with Crippen molar-refractivity contribution in [3.8, 4) is 11.1 Å². The first kappa shape index (κ1) is 14.6. The van der Waals surface area contributed by atoms with Crippen molar-refractivity contribution >= 4 is 35.4 Å². The van der Waals surface area contributed by atoms with E-state index in [1.807, 2.05) is 25.2 Å². The molecule has 0 fully saturated rings. The summed E-state index contributed by atoms with van der Waals surface area (Å²) in [6, 6.07) is 18.0. The number of nitrogens with zero attached hydrogens (tertiary/aromatic N) is 3. The number of aromatic nitrogens is 2. The summed E-state index contributed by atoms with van der Waals surface area (Å²) in [7, 11) is 2.04. The fourth-order valence-electron chi connectivity index (χ4n) is 4.19. The molecule has 142 valence electrons. The predicted octanol–water partition coefficient (Wildman–Crippen LogP) is 3.22. The lowest BCUT2D eigenvalue weighted by Crippen LogP contribution is -2.50. The number of pyridine rings is 2. The van der Waals surface area contributed by atoms with Crippen molar-refractivity contribution in [2.45, 2.75) is 20.6 Å². The molecule has 4 heterocycles. The Morgan fingerprint density at radius 1 is 1.10 bits per heavy atom. The van der Waals surface area contributed by atoms with Crippen LogP contribution in [-0.2, 0) is 7.05 Å². The van der Waals surface area contributed by atoms with E-state index in [9.17, 15) is 0 Å². The van der Waals surface area contributed by atoms with Crippen LogP contribution in [0.15, 0.2) is 65.2 Å². The van der Waals surface area contributed by atoms with Crippen LogP contribution in [0.3, 0.4) is 0 Å². The molecule has 1 aliphatic heterocycles. The van der Waals surface area contributed by atoms with E-state index in [0.29, 0.717) is 5.71 Å². The lowest BCUT2D eigenvalue weighted by molar-refractivity contribution is -0.657. The van der Waals surface area contributed by atoms with Gasteiger partial charge in [0.05, 0.1) is 29.5 Å². The molecule has 4 nitrogen and oxygen atoms in total. The first-order valence-electron chi connectivity index (χ1n) is 11.2. The van der Waals surface area contributed by atoms with Gasteiger partial charge in [-0.25, -0.2) is 9.55 Å². The minimum absolute atomic E-state index is 0.0422. The SMILES string of the molecule is [2H]C([2H])([2H])c1ccc2c3c(oc2n1)=CB(C)N(c1cc(-c2ccccc2)cc[n+]1C)C=3C. The summed E-state index contributed by atoms with van der Waals surface area (Å²) < 4.78 is 31.1. The van der Waals surface area contributed by atoms with Crippen LogP contribution < -0.4 is 20.0 Å². The summed E-state index contributed by atoms with van der Waals surface area (Å²) in [6.45, 7) is 1.97. The first-order chi connectivity index (χ1) is 15.2. The van der Waals surface area contributed by atoms with Crippen molar-refractivity contribution in [2.75, 3.05) is 4.81 Å². The summed E-state index contributed by atoms with van der Waals surface area (Å²) in [6.07, 6.45) is 2.07. The largest absolute Gasteiger partial charge is 0.439 e. The fraction of sp³-hybridized carbons (Fsp3) is 0.167. The van der Waals surface area contributed by atoms with E-state index in [4.69, 9.17) is 8.53 Å². The second-order valence-electron chi connectivity index (χ2n) is 7.50. The highest BCUT2D eigenvalue weighted by Crippen LogP contribution is 2.26. The van der Waals surface area contributed by atoms with Gasteiger partial charge in [-0.2, -0.15) is 0 Å². The molecule has 5 heteroatoms. The van der Waals surface area contributed by atoms with Crippen molar-refractivity contribution in [3.05, 3.63) is 77.1 Å². The van der Waals surface area contributed by atoms with Crippen molar-refractivity contribution in [3.63, 3.8) is 0 Å². The average Bonchev–Trinajstić information content (AvgIpc) is 3.12. The molecule has 0 aliphatic carbocycles. The van der Waals surface area contributed by atoms with Gasteiger partial charge in [-0.3, -0.25) is 4.81 Å². The molecule has 1 aromatic carbocycles. The fourth-order valence-corrected chi connectivity index (χ4v) is 4.19. The molecule has 3 aromatic heterocycles. The summed E-state index contributed by atoms with van der Waals surface area (Å²) in [5, 5.41) is 1.77. The molecule has 0 saturated heterocycles. The Morgan fingerprint density at radius 2 is 1.93 bits per heavy atom. The summed E-state index contributed by atoms with van der Waals surface area (Å²) in [5.41, 5.74) is 4.48. The van der Waals surface area contributed by atoms with Crippen LogP contribution >= 0.6 is 0 Å². The zero-order valence-corrected chi connectivity index (χ0v) is 16.7. The molecule has 29 heavy (non-hydrogen) atoms. The number of anilines is 1. The van der Waals surface area contributed by atoms with E-state index >= 15 is 0 Å². The standard InChI is InChI=1S/C24H23BN3O/c1-16-10-11-20-23-17(2)28(25(3)15-21(23)29-24(20)26-16)22-14-19(12-13-27(22)4)18-8-6-5-7-9-18/h5-15H,1-4H3/q+1/i1D3. The maximum absolute atomic E-state index is 7.65. The van der Waals surface area contributed by atoms with E-state index in [2.05, 4.69) is 64.5 Å². The Hall–Kier alpha value is -3.34. The molecular weight excluding hydrogens is 357 g/mol. The number of furan rings is 1. The maximum atomic E-state index is 7.65. The average molecular weight is 383 g/mol. The molecule has 0 saturated carbocycles. The molecule has 4 aromatic rings. The van der Waals surface area contributed by atoms with Crippen LogP contribution in [0.25, 0.3) is 33.9 Å². The Bertz CT molecular complexity index is 1460. The summed E-state index contributed by atoms with van der Waals surface area (Å²) in [5.74, 6) is 3.12. The van der Waals surface area contributed by atoms with Gasteiger partial charge in [0.1, 0.15) is 5.42 Å². The number of aryl methyl sites for hydroxylation is 2. The van der Waals surface area contributed by atoms with Gasteiger partial charge in [0, 0.05) is 15.9 Å². The van der Waals surface area contributed by atoms with Gasteiger partial charge in [-0.15, -0.1) is 0 Å². The highest BCUT2D eigenvalue weighted by atomic mass is 16.3. The van der Waals surface area contributed by atoms with Crippen molar-refractivity contribution < 1.29 is 13.1 Å². The molecule has 1 aliphatic rings. The Kier molecular flexibility index (Phi) is 3.34. The van der Waals surface area contributed by atoms with E-state index in [1.165, 1.54) is 0 Å². The maximum Gasteiger partial charge on any atom is 0.405 e. The van der Waals surface area contributed by atoms with Crippen LogP contribution in [-0.4, -0.2) is 11.8 Å². The third-order valence-electron chi connectivity index (χ3n) is 5.58. The second-order valence-corrected chi connectivity index (χ2v) is 7.50. The van der Waals surface area contributed by atoms with Gasteiger partial charge < -0.3 is 4.42 Å². The van der Waals surface area contributed by atoms with Crippen LogP contribution in [0, 0.1) is 6.85 Å². The number of hydrogen-bond donors (Lipinski definition) is 0. The second kappa shape index (κ2) is 6.62. The van der Waals surface area contributed by atoms with Gasteiger partial charge in [0.25, 0.3) is 5.82 Å². The molecule has 0 radical (unpaired) electrons. The first-order valence-corrected chi connectivity index (χ1v) is 9.71. The molecule has 0 atom stereocenters. The third kappa shape index (κ3) is 2.85. The monoisotopic (exact) mass is 383 g/mol. The Balaban J connectivity index is 1.71. The predicted molar refractivity (Wildman–Crippen MR) is 119 cm³/mol. The van der Waals surface area contributed by atoms with Crippen LogP contribution in [0.2, 0.25) is 6.82 Å². The van der Waals surface area contributed by atoms with Gasteiger partial charge >= 0.3 is 6.85 Å². The Labute approximate surface area is 174 Å². The number of hydrogen-bond acceptors (Lipinski definition) is 3. The molecular formula is C24H23BN3O+. The lowest BCUT2D eigenvalue weighted by atomic mass is 9.61. The number of rotatable bonds is 2. The van der Waals surface area contributed by atoms with Gasteiger partial charge in [-0.1, -0.05) is 30.3 Å². The van der Waals surface area contributed by atoms with Gasteiger partial charge in [0.15, 0.2) is 0 Å². The summed E-state index contributed by atoms with van der Waals surface area (Å²) >= 11 is 0. The smallest absolute Gasteiger partial charge is 0.405 e. The topological polar surface area (TPSA) is 33.2 Å². The molecule has 5 rings (SSSR count). The normalized spacial score (nSPS) is 15.6. The van der Waals surface area contributed by atoms with Crippen molar-refractivity contribution in [1.82, 2.24) is 4.98 Å². The summed E-state index contributed by atoms with van der Waals surface area (Å²) in [4.78, 5) is 6.57. The highest BCUT2D eigenvalue weighted by molar-refractivity contribution is 6.77. The molecule has 0 amide bonds. The molecule has 0 spiro atoms. The molecule has 0 N–H and O–H groups in total. The van der Waals surface area contributed by atoms with Crippen LogP contribution in [0.5, 0.6) is 0 Å². The number of fused-ring (bicyclic) bond motifs is 3.